The first-order valence-electron chi connectivity index (χ1n) is 10.6. The molecule has 0 aliphatic carbocycles. The van der Waals surface area contributed by atoms with Crippen molar-refractivity contribution in [3.05, 3.63) is 130 Å². The van der Waals surface area contributed by atoms with Gasteiger partial charge in [-0.3, -0.25) is 14.6 Å². The second kappa shape index (κ2) is 10.8. The predicted octanol–water partition coefficient (Wildman–Crippen LogP) is 4.61. The van der Waals surface area contributed by atoms with Crippen LogP contribution in [-0.4, -0.2) is 15.0 Å². The van der Waals surface area contributed by atoms with Crippen LogP contribution < -0.4 is 16.2 Å². The maximum absolute atomic E-state index is 11.2. The molecule has 1 radical (unpaired) electrons. The van der Waals surface area contributed by atoms with E-state index in [0.717, 1.165) is 27.7 Å². The van der Waals surface area contributed by atoms with E-state index in [0.29, 0.717) is 5.69 Å². The number of fused-ring (bicyclic) bond motifs is 2. The van der Waals surface area contributed by atoms with Crippen molar-refractivity contribution in [1.29, 1.82) is 0 Å². The van der Waals surface area contributed by atoms with E-state index in [2.05, 4.69) is 38.1 Å². The molecular formula is C28H18IrN4O2-2. The topological polar surface area (TPSA) is 89.8 Å². The van der Waals surface area contributed by atoms with Gasteiger partial charge in [-0.15, -0.1) is 35.9 Å². The molecule has 0 bridgehead atoms. The van der Waals surface area contributed by atoms with Gasteiger partial charge in [-0.25, -0.2) is 4.98 Å². The molecule has 173 valence electrons. The van der Waals surface area contributed by atoms with Crippen LogP contribution in [0.25, 0.3) is 44.5 Å². The number of nitrogens with one attached hydrogen (secondary N) is 1. The van der Waals surface area contributed by atoms with Crippen LogP contribution in [0.4, 0.5) is 0 Å². The van der Waals surface area contributed by atoms with E-state index in [-0.39, 0.29) is 25.8 Å². The Hall–Kier alpha value is -4.19. The van der Waals surface area contributed by atoms with Gasteiger partial charge in [0, 0.05) is 25.5 Å². The molecule has 0 saturated heterocycles. The van der Waals surface area contributed by atoms with Gasteiger partial charge in [-0.1, -0.05) is 54.6 Å². The Morgan fingerprint density at radius 2 is 1.29 bits per heavy atom. The van der Waals surface area contributed by atoms with Crippen molar-refractivity contribution >= 4 is 21.8 Å². The van der Waals surface area contributed by atoms with E-state index >= 15 is 0 Å². The molecule has 0 unspecified atom stereocenters. The minimum absolute atomic E-state index is 0. The van der Waals surface area contributed by atoms with Crippen LogP contribution in [0.3, 0.4) is 0 Å². The number of benzene rings is 3. The van der Waals surface area contributed by atoms with Crippen molar-refractivity contribution in [2.75, 3.05) is 0 Å². The maximum Gasteiger partial charge on any atom is 0.171 e. The molecule has 0 aliphatic rings. The third kappa shape index (κ3) is 5.66. The smallest absolute Gasteiger partial charge is 0.171 e. The Kier molecular flexibility index (Phi) is 7.41. The number of aromatic amines is 1. The Morgan fingerprint density at radius 3 is 1.91 bits per heavy atom. The molecule has 6 rings (SSSR count). The monoisotopic (exact) mass is 635 g/mol. The molecule has 6 aromatic rings. The van der Waals surface area contributed by atoms with Gasteiger partial charge < -0.3 is 9.97 Å². The number of pyridine rings is 2. The molecule has 0 saturated carbocycles. The number of hydrogen-bond donors (Lipinski definition) is 1. The fourth-order valence-corrected chi connectivity index (χ4v) is 3.54. The van der Waals surface area contributed by atoms with Crippen molar-refractivity contribution in [1.82, 2.24) is 19.9 Å². The van der Waals surface area contributed by atoms with E-state index < -0.39 is 11.2 Å². The zero-order valence-corrected chi connectivity index (χ0v) is 20.7. The molecule has 35 heavy (non-hydrogen) atoms. The second-order valence-electron chi connectivity index (χ2n) is 7.49. The van der Waals surface area contributed by atoms with Crippen LogP contribution >= 0.6 is 0 Å². The van der Waals surface area contributed by atoms with Crippen LogP contribution in [0.1, 0.15) is 0 Å². The fraction of sp³-hybridized carbons (Fsp3) is 0. The Labute approximate surface area is 214 Å². The number of para-hydroxylation sites is 2. The molecule has 7 heteroatoms. The molecule has 0 fully saturated rings. The van der Waals surface area contributed by atoms with Gasteiger partial charge >= 0.3 is 0 Å². The number of hydrogen-bond acceptors (Lipinski definition) is 4. The summed E-state index contributed by atoms with van der Waals surface area (Å²) in [4.78, 5) is 37.2. The molecule has 0 atom stereocenters. The summed E-state index contributed by atoms with van der Waals surface area (Å²) in [7, 11) is 0. The third-order valence-corrected chi connectivity index (χ3v) is 5.16. The minimum Gasteiger partial charge on any atom is -0.399 e. The number of rotatable bonds is 2. The summed E-state index contributed by atoms with van der Waals surface area (Å²) in [6, 6.07) is 35.8. The first-order valence-corrected chi connectivity index (χ1v) is 10.6. The first-order chi connectivity index (χ1) is 16.7. The van der Waals surface area contributed by atoms with E-state index in [4.69, 9.17) is 0 Å². The molecule has 3 aromatic heterocycles. The Morgan fingerprint density at radius 1 is 0.686 bits per heavy atom. The molecule has 1 N–H and O–H groups in total. The Bertz CT molecular complexity index is 1680. The van der Waals surface area contributed by atoms with E-state index in [1.165, 1.54) is 11.5 Å². The number of aromatic nitrogens is 4. The second-order valence-corrected chi connectivity index (χ2v) is 7.49. The Balaban J connectivity index is 0.000000161. The van der Waals surface area contributed by atoms with Gasteiger partial charge in [0.1, 0.15) is 0 Å². The molecular weight excluding hydrogens is 617 g/mol. The van der Waals surface area contributed by atoms with Crippen LogP contribution in [0.2, 0.25) is 0 Å². The standard InChI is InChI=1S/C15H10N.C13H9N3O2.Ir/c1-2-6-12(7-3-1)15-11-10-13-8-4-5-9-14(13)16-15;17-12-7-11(15-13(18)16-12)10-6-5-8-3-1-2-4-9(8)14-10;/h1-6,8-11H;1-7H,(H2,15,16,17,18);/q-1;;/p-1. The predicted molar refractivity (Wildman–Crippen MR) is 133 cm³/mol. The van der Waals surface area contributed by atoms with E-state index in [1.807, 2.05) is 78.9 Å². The summed E-state index contributed by atoms with van der Waals surface area (Å²) >= 11 is 0. The van der Waals surface area contributed by atoms with Gasteiger partial charge in [0.05, 0.1) is 16.7 Å². The van der Waals surface area contributed by atoms with Crippen molar-refractivity contribution in [2.45, 2.75) is 0 Å². The van der Waals surface area contributed by atoms with Gasteiger partial charge in [-0.2, -0.15) is 0 Å². The third-order valence-electron chi connectivity index (χ3n) is 5.16. The molecule has 3 heterocycles. The first kappa shape index (κ1) is 24.0. The normalized spacial score (nSPS) is 10.3. The molecule has 0 spiro atoms. The summed E-state index contributed by atoms with van der Waals surface area (Å²) < 4.78 is 0. The summed E-state index contributed by atoms with van der Waals surface area (Å²) in [5, 5.41) is 2.16. The van der Waals surface area contributed by atoms with E-state index in [1.54, 1.807) is 6.07 Å². The van der Waals surface area contributed by atoms with Crippen molar-refractivity contribution < 1.29 is 20.1 Å². The summed E-state index contributed by atoms with van der Waals surface area (Å²) in [6.07, 6.45) is 0. The number of nitrogens with zero attached hydrogens (tertiary/aromatic N) is 3. The van der Waals surface area contributed by atoms with Crippen LogP contribution in [0.15, 0.2) is 113 Å². The largest absolute Gasteiger partial charge is 0.399 e. The number of H-pyrrole nitrogens is 1. The minimum atomic E-state index is -0.660. The fourth-order valence-electron chi connectivity index (χ4n) is 3.54. The van der Waals surface area contributed by atoms with Gasteiger partial charge in [0.2, 0.25) is 0 Å². The van der Waals surface area contributed by atoms with Crippen molar-refractivity contribution in [3.63, 3.8) is 0 Å². The van der Waals surface area contributed by atoms with Crippen molar-refractivity contribution in [2.24, 2.45) is 0 Å². The van der Waals surface area contributed by atoms with E-state index in [9.17, 15) is 9.59 Å². The average molecular weight is 635 g/mol. The van der Waals surface area contributed by atoms with Crippen LogP contribution in [0, 0.1) is 6.07 Å². The average Bonchev–Trinajstić information content (AvgIpc) is 2.88. The quantitative estimate of drug-likeness (QED) is 0.281. The zero-order valence-electron chi connectivity index (χ0n) is 18.3. The van der Waals surface area contributed by atoms with Gasteiger partial charge in [0.25, 0.3) is 0 Å². The summed E-state index contributed by atoms with van der Waals surface area (Å²) in [6.45, 7) is 0. The molecule has 6 nitrogen and oxygen atoms in total. The van der Waals surface area contributed by atoms with Crippen LogP contribution in [0.5, 0.6) is 0 Å². The van der Waals surface area contributed by atoms with Crippen LogP contribution in [-0.2, 0) is 20.1 Å². The summed E-state index contributed by atoms with van der Waals surface area (Å²) in [5.74, 6) is 0. The zero-order chi connectivity index (χ0) is 23.3. The SMILES string of the molecule is O=c1cc(-c2ccc3ccccc3n2)[n-]c(=O)[nH]1.[Ir].[c-]1ccccc1-c1ccc2ccccc2n1. The maximum atomic E-state index is 11.2. The summed E-state index contributed by atoms with van der Waals surface area (Å²) in [5.41, 5.74) is 3.49. The molecule has 0 amide bonds. The molecule has 0 aliphatic heterocycles. The van der Waals surface area contributed by atoms with Crippen molar-refractivity contribution in [3.8, 4) is 22.6 Å². The van der Waals surface area contributed by atoms with Gasteiger partial charge in [-0.05, 0) is 41.0 Å². The molecule has 3 aromatic carbocycles. The van der Waals surface area contributed by atoms with Gasteiger partial charge in [0.15, 0.2) is 11.2 Å².